The number of rotatable bonds is 5. The third kappa shape index (κ3) is 3.68. The van der Waals surface area contributed by atoms with Crippen LogP contribution in [0.4, 0.5) is 5.69 Å². The highest BCUT2D eigenvalue weighted by Gasteiger charge is 2.12. The van der Waals surface area contributed by atoms with E-state index >= 15 is 0 Å². The van der Waals surface area contributed by atoms with Crippen LogP contribution in [0.3, 0.4) is 0 Å². The van der Waals surface area contributed by atoms with Crippen LogP contribution in [0.15, 0.2) is 36.4 Å². The van der Waals surface area contributed by atoms with Crippen molar-refractivity contribution in [3.63, 3.8) is 0 Å². The Morgan fingerprint density at radius 3 is 2.39 bits per heavy atom. The molecule has 0 aliphatic heterocycles. The number of benzene rings is 1. The van der Waals surface area contributed by atoms with Crippen LogP contribution in [0.2, 0.25) is 0 Å². The summed E-state index contributed by atoms with van der Waals surface area (Å²) in [6.45, 7) is 3.82. The summed E-state index contributed by atoms with van der Waals surface area (Å²) in [5.41, 5.74) is 11.0. The maximum absolute atomic E-state index is 9.61. The lowest BCUT2D eigenvalue weighted by Crippen LogP contribution is -2.14. The van der Waals surface area contributed by atoms with Gasteiger partial charge in [0.25, 0.3) is 0 Å². The summed E-state index contributed by atoms with van der Waals surface area (Å²) in [5, 5.41) is 9.61. The van der Waals surface area contributed by atoms with Crippen molar-refractivity contribution in [1.82, 2.24) is 10.4 Å². The fourth-order valence-electron chi connectivity index (χ4n) is 2.35. The number of hydrogen-bond acceptors (Lipinski definition) is 5. The summed E-state index contributed by atoms with van der Waals surface area (Å²) in [7, 11) is 3.39. The number of hydrogen-bond donors (Lipinski definition) is 2. The maximum atomic E-state index is 9.61. The number of ether oxygens (including phenoxy) is 1. The average Bonchev–Trinajstić information content (AvgIpc) is 2.57. The minimum absolute atomic E-state index is 0.545. The van der Waals surface area contributed by atoms with Crippen molar-refractivity contribution in [2.45, 2.75) is 13.8 Å². The van der Waals surface area contributed by atoms with Gasteiger partial charge in [0.05, 0.1) is 12.7 Å². The zero-order chi connectivity index (χ0) is 16.8. The van der Waals surface area contributed by atoms with Gasteiger partial charge < -0.3 is 10.2 Å². The summed E-state index contributed by atoms with van der Waals surface area (Å²) in [5.74, 6) is 0.545. The van der Waals surface area contributed by atoms with Gasteiger partial charge in [0.15, 0.2) is 0 Å². The first-order valence-electron chi connectivity index (χ1n) is 7.27. The van der Waals surface area contributed by atoms with Crippen molar-refractivity contribution in [3.05, 3.63) is 53.2 Å². The molecule has 5 nitrogen and oxygen atoms in total. The number of nitrogens with one attached hydrogen (secondary N) is 2. The van der Waals surface area contributed by atoms with Crippen molar-refractivity contribution in [2.75, 3.05) is 19.6 Å². The van der Waals surface area contributed by atoms with Gasteiger partial charge in [-0.1, -0.05) is 12.1 Å². The minimum atomic E-state index is 0.545. The van der Waals surface area contributed by atoms with Crippen LogP contribution in [0, 0.1) is 18.3 Å². The molecule has 0 atom stereocenters. The normalized spacial score (nSPS) is 11.4. The van der Waals surface area contributed by atoms with Crippen molar-refractivity contribution in [2.24, 2.45) is 0 Å². The second-order valence-electron chi connectivity index (χ2n) is 5.05. The molecule has 0 spiro atoms. The van der Waals surface area contributed by atoms with Crippen molar-refractivity contribution in [1.29, 1.82) is 5.26 Å². The molecule has 0 aliphatic rings. The van der Waals surface area contributed by atoms with Crippen LogP contribution in [-0.2, 0) is 0 Å². The van der Waals surface area contributed by atoms with Gasteiger partial charge in [-0.25, -0.2) is 10.4 Å². The van der Waals surface area contributed by atoms with Crippen LogP contribution < -0.4 is 15.6 Å². The Labute approximate surface area is 136 Å². The van der Waals surface area contributed by atoms with E-state index in [1.807, 2.05) is 51.2 Å². The Balaban J connectivity index is 2.45. The van der Waals surface area contributed by atoms with Crippen LogP contribution in [0.1, 0.15) is 23.7 Å². The number of hydrazine groups is 1. The molecule has 0 fully saturated rings. The van der Waals surface area contributed by atoms with Gasteiger partial charge in [0.2, 0.25) is 5.88 Å². The molecule has 0 unspecified atom stereocenters. The monoisotopic (exact) mass is 308 g/mol. The number of pyridine rings is 1. The lowest BCUT2D eigenvalue weighted by atomic mass is 9.96. The molecule has 5 heteroatoms. The second kappa shape index (κ2) is 7.43. The second-order valence-corrected chi connectivity index (χ2v) is 5.05. The first-order valence-corrected chi connectivity index (χ1v) is 7.27. The van der Waals surface area contributed by atoms with E-state index in [0.29, 0.717) is 11.5 Å². The lowest BCUT2D eigenvalue weighted by molar-refractivity contribution is 0.397. The fraction of sp³-hybridized carbons (Fsp3) is 0.222. The molecule has 0 bridgehead atoms. The van der Waals surface area contributed by atoms with E-state index in [4.69, 9.17) is 4.74 Å². The zero-order valence-electron chi connectivity index (χ0n) is 13.8. The van der Waals surface area contributed by atoms with Crippen LogP contribution in [0.25, 0.3) is 11.1 Å². The predicted octanol–water partition coefficient (Wildman–Crippen LogP) is 3.40. The largest absolute Gasteiger partial charge is 0.481 e. The van der Waals surface area contributed by atoms with Crippen molar-refractivity contribution < 1.29 is 4.74 Å². The Morgan fingerprint density at radius 2 is 1.87 bits per heavy atom. The van der Waals surface area contributed by atoms with Gasteiger partial charge in [-0.05, 0) is 43.2 Å². The zero-order valence-corrected chi connectivity index (χ0v) is 13.8. The van der Waals surface area contributed by atoms with E-state index < -0.39 is 0 Å². The number of methoxy groups -OCH3 is 1. The fourth-order valence-corrected chi connectivity index (χ4v) is 2.35. The maximum Gasteiger partial charge on any atom is 0.213 e. The predicted molar refractivity (Wildman–Crippen MR) is 92.8 cm³/mol. The molecule has 2 rings (SSSR count). The molecule has 118 valence electrons. The minimum Gasteiger partial charge on any atom is -0.481 e. The van der Waals surface area contributed by atoms with Crippen molar-refractivity contribution in [3.8, 4) is 11.9 Å². The summed E-state index contributed by atoms with van der Waals surface area (Å²) >= 11 is 0. The quantitative estimate of drug-likeness (QED) is 0.654. The number of nitriles is 1. The van der Waals surface area contributed by atoms with E-state index in [1.54, 1.807) is 13.2 Å². The molecular formula is C18H20N4O. The summed E-state index contributed by atoms with van der Waals surface area (Å²) < 4.78 is 5.12. The molecule has 0 saturated carbocycles. The Bertz CT molecular complexity index is 758. The van der Waals surface area contributed by atoms with E-state index in [9.17, 15) is 5.26 Å². The van der Waals surface area contributed by atoms with Crippen LogP contribution in [-0.4, -0.2) is 19.1 Å². The Hall–Kier alpha value is -2.84. The number of anilines is 1. The van der Waals surface area contributed by atoms with E-state index in [2.05, 4.69) is 21.9 Å². The molecular weight excluding hydrogens is 288 g/mol. The third-order valence-corrected chi connectivity index (χ3v) is 3.61. The average molecular weight is 308 g/mol. The molecule has 1 aromatic heterocycles. The molecule has 2 aromatic rings. The summed E-state index contributed by atoms with van der Waals surface area (Å²) in [6.07, 6.45) is 0. The molecule has 0 aliphatic carbocycles. The number of allylic oxidation sites excluding steroid dienone is 2. The van der Waals surface area contributed by atoms with Gasteiger partial charge in [-0.2, -0.15) is 5.26 Å². The number of aryl methyl sites for hydroxylation is 1. The van der Waals surface area contributed by atoms with E-state index in [-0.39, 0.29) is 0 Å². The smallest absolute Gasteiger partial charge is 0.213 e. The molecule has 0 radical (unpaired) electrons. The van der Waals surface area contributed by atoms with E-state index in [1.165, 1.54) is 0 Å². The topological polar surface area (TPSA) is 70.0 Å². The molecule has 0 amide bonds. The van der Waals surface area contributed by atoms with Gasteiger partial charge in [-0.3, -0.25) is 0 Å². The molecule has 1 heterocycles. The van der Waals surface area contributed by atoms with Gasteiger partial charge in [-0.15, -0.1) is 0 Å². The SMILES string of the molecule is CNNc1ccc(/C(C)=C(\C#N)c2ccc(OC)nc2C)cc1. The van der Waals surface area contributed by atoms with Crippen molar-refractivity contribution >= 4 is 16.8 Å². The van der Waals surface area contributed by atoms with Crippen LogP contribution >= 0.6 is 0 Å². The van der Waals surface area contributed by atoms with Gasteiger partial charge in [0.1, 0.15) is 6.07 Å². The van der Waals surface area contributed by atoms with Gasteiger partial charge in [0, 0.05) is 30.1 Å². The molecule has 2 N–H and O–H groups in total. The summed E-state index contributed by atoms with van der Waals surface area (Å²) in [4.78, 5) is 4.35. The first kappa shape index (κ1) is 16.5. The number of aromatic nitrogens is 1. The Morgan fingerprint density at radius 1 is 1.17 bits per heavy atom. The van der Waals surface area contributed by atoms with Gasteiger partial charge >= 0.3 is 0 Å². The summed E-state index contributed by atoms with van der Waals surface area (Å²) in [6, 6.07) is 13.8. The molecule has 1 aromatic carbocycles. The Kier molecular flexibility index (Phi) is 5.34. The highest BCUT2D eigenvalue weighted by Crippen LogP contribution is 2.28. The van der Waals surface area contributed by atoms with Crippen LogP contribution in [0.5, 0.6) is 5.88 Å². The highest BCUT2D eigenvalue weighted by atomic mass is 16.5. The molecule has 0 saturated heterocycles. The van der Waals surface area contributed by atoms with E-state index in [0.717, 1.165) is 28.1 Å². The lowest BCUT2D eigenvalue weighted by Gasteiger charge is -2.11. The third-order valence-electron chi connectivity index (χ3n) is 3.61. The first-order chi connectivity index (χ1) is 11.1. The molecule has 23 heavy (non-hydrogen) atoms. The standard InChI is InChI=1S/C18H20N4O/c1-12(14-5-7-15(8-6-14)22-20-3)17(11-19)16-9-10-18(23-4)21-13(16)2/h5-10,20,22H,1-4H3/b17-12+. The number of nitrogens with zero attached hydrogens (tertiary/aromatic N) is 2. The highest BCUT2D eigenvalue weighted by molar-refractivity contribution is 5.97.